The monoisotopic (exact) mass is 220 g/mol. The summed E-state index contributed by atoms with van der Waals surface area (Å²) in [5.74, 6) is 0.0943. The lowest BCUT2D eigenvalue weighted by Gasteiger charge is -2.20. The highest BCUT2D eigenvalue weighted by molar-refractivity contribution is 5.77. The molecular formula is C13H20N2O. The molecule has 1 N–H and O–H groups in total. The largest absolute Gasteiger partial charge is 0.350 e. The molecule has 16 heavy (non-hydrogen) atoms. The molecule has 1 atom stereocenters. The van der Waals surface area contributed by atoms with Crippen LogP contribution in [0, 0.1) is 5.41 Å². The normalized spacial score (nSPS) is 13.2. The highest BCUT2D eigenvalue weighted by Crippen LogP contribution is 2.19. The van der Waals surface area contributed by atoms with Gasteiger partial charge in [0.25, 0.3) is 0 Å². The van der Waals surface area contributed by atoms with E-state index in [-0.39, 0.29) is 17.4 Å². The fourth-order valence-corrected chi connectivity index (χ4v) is 1.51. The summed E-state index contributed by atoms with van der Waals surface area (Å²) in [6.45, 7) is 8.16. The van der Waals surface area contributed by atoms with E-state index in [1.807, 2.05) is 19.1 Å². The smallest absolute Gasteiger partial charge is 0.220 e. The molecule has 1 rings (SSSR count). The van der Waals surface area contributed by atoms with Crippen LogP contribution in [-0.2, 0) is 4.79 Å². The summed E-state index contributed by atoms with van der Waals surface area (Å²) < 4.78 is 0. The zero-order valence-corrected chi connectivity index (χ0v) is 10.4. The van der Waals surface area contributed by atoms with E-state index >= 15 is 0 Å². The van der Waals surface area contributed by atoms with Crippen molar-refractivity contribution in [1.82, 2.24) is 10.3 Å². The van der Waals surface area contributed by atoms with Crippen LogP contribution in [0.2, 0.25) is 0 Å². The van der Waals surface area contributed by atoms with Gasteiger partial charge in [-0.3, -0.25) is 9.78 Å². The number of pyridine rings is 1. The summed E-state index contributed by atoms with van der Waals surface area (Å²) in [6.07, 6.45) is 4.02. The van der Waals surface area contributed by atoms with Gasteiger partial charge in [0, 0.05) is 18.8 Å². The van der Waals surface area contributed by atoms with Gasteiger partial charge in [-0.25, -0.2) is 0 Å². The molecule has 0 radical (unpaired) electrons. The van der Waals surface area contributed by atoms with Crippen molar-refractivity contribution in [3.05, 3.63) is 30.1 Å². The molecule has 1 heterocycles. The molecule has 3 heteroatoms. The zero-order valence-electron chi connectivity index (χ0n) is 10.4. The highest BCUT2D eigenvalue weighted by Gasteiger charge is 2.17. The van der Waals surface area contributed by atoms with Gasteiger partial charge < -0.3 is 5.32 Å². The maximum absolute atomic E-state index is 11.7. The summed E-state index contributed by atoms with van der Waals surface area (Å²) in [5.41, 5.74) is 1.11. The average Bonchev–Trinajstić information content (AvgIpc) is 2.16. The van der Waals surface area contributed by atoms with Crippen LogP contribution < -0.4 is 5.32 Å². The van der Waals surface area contributed by atoms with Crippen molar-refractivity contribution in [2.45, 2.75) is 40.2 Å². The van der Waals surface area contributed by atoms with Crippen LogP contribution in [0.15, 0.2) is 24.5 Å². The van der Waals surface area contributed by atoms with E-state index in [1.54, 1.807) is 12.4 Å². The Balaban J connectivity index is 2.52. The van der Waals surface area contributed by atoms with Crippen molar-refractivity contribution >= 4 is 5.91 Å². The number of hydrogen-bond acceptors (Lipinski definition) is 2. The highest BCUT2D eigenvalue weighted by atomic mass is 16.1. The van der Waals surface area contributed by atoms with Gasteiger partial charge in [0.1, 0.15) is 0 Å². The average molecular weight is 220 g/mol. The van der Waals surface area contributed by atoms with Crippen LogP contribution in [0.5, 0.6) is 0 Å². The Hall–Kier alpha value is -1.38. The standard InChI is InChI=1S/C13H20N2O/c1-10(11-5-7-14-8-6-11)15-12(16)9-13(2,3)4/h5-8,10H,9H2,1-4H3,(H,15,16)/t10-/m1/s1. The maximum atomic E-state index is 11.7. The molecule has 1 aromatic heterocycles. The van der Waals surface area contributed by atoms with Crippen LogP contribution >= 0.6 is 0 Å². The molecule has 0 aliphatic rings. The van der Waals surface area contributed by atoms with Crippen molar-refractivity contribution in [3.63, 3.8) is 0 Å². The second-order valence-electron chi connectivity index (χ2n) is 5.31. The minimum Gasteiger partial charge on any atom is -0.350 e. The number of nitrogens with zero attached hydrogens (tertiary/aromatic N) is 1. The molecule has 0 spiro atoms. The van der Waals surface area contributed by atoms with Gasteiger partial charge in [-0.2, -0.15) is 0 Å². The third kappa shape index (κ3) is 4.43. The zero-order chi connectivity index (χ0) is 12.2. The van der Waals surface area contributed by atoms with Gasteiger partial charge in [0.05, 0.1) is 6.04 Å². The van der Waals surface area contributed by atoms with Gasteiger partial charge in [0.15, 0.2) is 0 Å². The molecule has 0 fully saturated rings. The molecule has 0 saturated heterocycles. The van der Waals surface area contributed by atoms with Crippen LogP contribution in [0.3, 0.4) is 0 Å². The van der Waals surface area contributed by atoms with E-state index in [4.69, 9.17) is 0 Å². The molecule has 0 saturated carbocycles. The van der Waals surface area contributed by atoms with Gasteiger partial charge in [0.2, 0.25) is 5.91 Å². The Kier molecular flexibility index (Phi) is 4.05. The molecule has 1 amide bonds. The second kappa shape index (κ2) is 5.10. The summed E-state index contributed by atoms with van der Waals surface area (Å²) in [4.78, 5) is 15.7. The lowest BCUT2D eigenvalue weighted by Crippen LogP contribution is -2.29. The molecule has 88 valence electrons. The molecule has 0 aromatic carbocycles. The number of hydrogen-bond donors (Lipinski definition) is 1. The van der Waals surface area contributed by atoms with Gasteiger partial charge >= 0.3 is 0 Å². The summed E-state index contributed by atoms with van der Waals surface area (Å²) in [6, 6.07) is 3.88. The third-order valence-corrected chi connectivity index (χ3v) is 2.27. The number of nitrogens with one attached hydrogen (secondary N) is 1. The van der Waals surface area contributed by atoms with Crippen LogP contribution in [0.25, 0.3) is 0 Å². The lowest BCUT2D eigenvalue weighted by molar-refractivity contribution is -0.123. The van der Waals surface area contributed by atoms with Crippen LogP contribution in [0.4, 0.5) is 0 Å². The van der Waals surface area contributed by atoms with Gasteiger partial charge in [-0.15, -0.1) is 0 Å². The maximum Gasteiger partial charge on any atom is 0.220 e. The molecule has 0 aliphatic carbocycles. The van der Waals surface area contributed by atoms with E-state index in [9.17, 15) is 4.79 Å². The van der Waals surface area contributed by atoms with E-state index in [0.717, 1.165) is 5.56 Å². The quantitative estimate of drug-likeness (QED) is 0.851. The Morgan fingerprint density at radius 3 is 2.44 bits per heavy atom. The van der Waals surface area contributed by atoms with Crippen molar-refractivity contribution < 1.29 is 4.79 Å². The second-order valence-corrected chi connectivity index (χ2v) is 5.31. The fraction of sp³-hybridized carbons (Fsp3) is 0.538. The molecule has 3 nitrogen and oxygen atoms in total. The van der Waals surface area contributed by atoms with E-state index in [1.165, 1.54) is 0 Å². The van der Waals surface area contributed by atoms with Crippen LogP contribution in [-0.4, -0.2) is 10.9 Å². The Labute approximate surface area is 97.3 Å². The Bertz CT molecular complexity index is 341. The first-order valence-corrected chi connectivity index (χ1v) is 5.58. The fourth-order valence-electron chi connectivity index (χ4n) is 1.51. The van der Waals surface area contributed by atoms with Crippen molar-refractivity contribution in [2.75, 3.05) is 0 Å². The van der Waals surface area contributed by atoms with Crippen molar-refractivity contribution in [1.29, 1.82) is 0 Å². The number of rotatable bonds is 3. The van der Waals surface area contributed by atoms with E-state index in [0.29, 0.717) is 6.42 Å². The molecule has 0 aliphatic heterocycles. The van der Waals surface area contributed by atoms with E-state index in [2.05, 4.69) is 31.1 Å². The first-order chi connectivity index (χ1) is 7.38. The number of aromatic nitrogens is 1. The summed E-state index contributed by atoms with van der Waals surface area (Å²) >= 11 is 0. The van der Waals surface area contributed by atoms with Gasteiger partial charge in [-0.1, -0.05) is 20.8 Å². The summed E-state index contributed by atoms with van der Waals surface area (Å²) in [5, 5.41) is 2.99. The Morgan fingerprint density at radius 1 is 1.38 bits per heavy atom. The first kappa shape index (κ1) is 12.7. The predicted octanol–water partition coefficient (Wildman–Crippen LogP) is 2.70. The van der Waals surface area contributed by atoms with Crippen LogP contribution in [0.1, 0.15) is 45.7 Å². The SMILES string of the molecule is C[C@@H](NC(=O)CC(C)(C)C)c1ccncc1. The third-order valence-electron chi connectivity index (χ3n) is 2.27. The van der Waals surface area contributed by atoms with Crippen molar-refractivity contribution in [2.24, 2.45) is 5.41 Å². The minimum absolute atomic E-state index is 0.0298. The van der Waals surface area contributed by atoms with E-state index < -0.39 is 0 Å². The lowest BCUT2D eigenvalue weighted by atomic mass is 9.92. The molecular weight excluding hydrogens is 200 g/mol. The minimum atomic E-state index is 0.0298. The molecule has 1 aromatic rings. The number of amides is 1. The number of carbonyl (C=O) groups is 1. The summed E-state index contributed by atoms with van der Waals surface area (Å²) in [7, 11) is 0. The number of carbonyl (C=O) groups excluding carboxylic acids is 1. The first-order valence-electron chi connectivity index (χ1n) is 5.58. The Morgan fingerprint density at radius 2 is 1.94 bits per heavy atom. The topological polar surface area (TPSA) is 42.0 Å². The molecule has 0 unspecified atom stereocenters. The van der Waals surface area contributed by atoms with Gasteiger partial charge in [-0.05, 0) is 30.0 Å². The predicted molar refractivity (Wildman–Crippen MR) is 64.9 cm³/mol. The van der Waals surface area contributed by atoms with Crippen molar-refractivity contribution in [3.8, 4) is 0 Å². The molecule has 0 bridgehead atoms.